The quantitative estimate of drug-likeness (QED) is 0.608. The van der Waals surface area contributed by atoms with Crippen molar-refractivity contribution in [2.24, 2.45) is 4.36 Å². The number of nitro benzene ring substituents is 1. The number of rotatable bonds is 2. The normalized spacial score (nSPS) is 31.1. The van der Waals surface area contributed by atoms with Crippen LogP contribution in [0.1, 0.15) is 12.8 Å². The number of morpholine rings is 1. The molecule has 0 N–H and O–H groups in total. The van der Waals surface area contributed by atoms with Crippen LogP contribution >= 0.6 is 0 Å². The van der Waals surface area contributed by atoms with Gasteiger partial charge in [-0.15, -0.1) is 0 Å². The molecule has 2 aliphatic rings. The van der Waals surface area contributed by atoms with Crippen LogP contribution in [-0.4, -0.2) is 53.0 Å². The number of hydrogen-bond donors (Lipinski definition) is 0. The van der Waals surface area contributed by atoms with Gasteiger partial charge >= 0.3 is 0 Å². The highest BCUT2D eigenvalue weighted by Gasteiger charge is 2.41. The molecule has 0 amide bonds. The van der Waals surface area contributed by atoms with E-state index in [0.29, 0.717) is 18.1 Å². The fraction of sp³-hybridized carbons (Fsp3) is 0.600. The lowest BCUT2D eigenvalue weighted by Crippen LogP contribution is -2.55. The van der Waals surface area contributed by atoms with Crippen LogP contribution in [-0.2, 0) is 14.5 Å². The van der Waals surface area contributed by atoms with Crippen LogP contribution < -0.4 is 4.90 Å². The molecule has 0 bridgehead atoms. The van der Waals surface area contributed by atoms with E-state index in [1.807, 2.05) is 0 Å². The summed E-state index contributed by atoms with van der Waals surface area (Å²) in [6.07, 6.45) is 1.49. The van der Waals surface area contributed by atoms with Gasteiger partial charge in [0.25, 0.3) is 5.69 Å². The van der Waals surface area contributed by atoms with E-state index >= 15 is 0 Å². The third-order valence-corrected chi connectivity index (χ3v) is 7.11. The van der Waals surface area contributed by atoms with Crippen molar-refractivity contribution in [3.05, 3.63) is 34.4 Å². The second-order valence-corrected chi connectivity index (χ2v) is 8.82. The molecule has 0 atom stereocenters. The summed E-state index contributed by atoms with van der Waals surface area (Å²) in [5.74, 6) is 1.16. The smallest absolute Gasteiger partial charge is 0.269 e. The first kappa shape index (κ1) is 16.2. The van der Waals surface area contributed by atoms with Crippen molar-refractivity contribution >= 4 is 21.1 Å². The number of benzene rings is 1. The SMILES string of the molecule is CN=S1(=O)CCC2(CC1)CN(c1ccc([N+](=O)[O-])cc1)CCO2. The number of non-ortho nitro benzene ring substituents is 1. The summed E-state index contributed by atoms with van der Waals surface area (Å²) in [6.45, 7) is 2.10. The zero-order valence-electron chi connectivity index (χ0n) is 13.1. The van der Waals surface area contributed by atoms with E-state index in [1.54, 1.807) is 19.2 Å². The van der Waals surface area contributed by atoms with E-state index < -0.39 is 14.7 Å². The molecule has 0 saturated carbocycles. The first-order valence-electron chi connectivity index (χ1n) is 7.69. The maximum absolute atomic E-state index is 12.4. The molecular weight excluding hydrogens is 318 g/mol. The topological polar surface area (TPSA) is 85.0 Å². The largest absolute Gasteiger partial charge is 0.371 e. The predicted molar refractivity (Wildman–Crippen MR) is 89.5 cm³/mol. The summed E-state index contributed by atoms with van der Waals surface area (Å²) in [4.78, 5) is 12.6. The minimum atomic E-state index is -2.05. The number of nitro groups is 1. The number of hydrogen-bond acceptors (Lipinski definition) is 6. The molecule has 23 heavy (non-hydrogen) atoms. The lowest BCUT2D eigenvalue weighted by molar-refractivity contribution is -0.384. The van der Waals surface area contributed by atoms with E-state index in [1.165, 1.54) is 12.1 Å². The standard InChI is InChI=1S/C15H21N3O4S/c1-16-23(21)10-6-15(7-11-23)12-17(8-9-22-15)13-2-4-14(5-3-13)18(19)20/h2-5H,6-12H2,1H3. The molecule has 3 rings (SSSR count). The predicted octanol–water partition coefficient (Wildman–Crippen LogP) is 2.06. The van der Waals surface area contributed by atoms with E-state index in [2.05, 4.69) is 9.26 Å². The van der Waals surface area contributed by atoms with Gasteiger partial charge in [-0.2, -0.15) is 0 Å². The maximum Gasteiger partial charge on any atom is 0.269 e. The lowest BCUT2D eigenvalue weighted by atomic mass is 9.94. The molecule has 2 aliphatic heterocycles. The van der Waals surface area contributed by atoms with Gasteiger partial charge in [0.15, 0.2) is 0 Å². The molecule has 0 aliphatic carbocycles. The molecule has 0 aromatic heterocycles. The van der Waals surface area contributed by atoms with Gasteiger partial charge in [-0.3, -0.25) is 10.1 Å². The Labute approximate surface area is 136 Å². The first-order chi connectivity index (χ1) is 11.0. The minimum absolute atomic E-state index is 0.0960. The van der Waals surface area contributed by atoms with Crippen molar-refractivity contribution in [1.82, 2.24) is 0 Å². The van der Waals surface area contributed by atoms with Crippen molar-refractivity contribution in [1.29, 1.82) is 0 Å². The van der Waals surface area contributed by atoms with E-state index in [-0.39, 0.29) is 11.3 Å². The third kappa shape index (κ3) is 3.32. The van der Waals surface area contributed by atoms with Crippen molar-refractivity contribution in [3.63, 3.8) is 0 Å². The molecule has 126 valence electrons. The van der Waals surface area contributed by atoms with Gasteiger partial charge < -0.3 is 9.64 Å². The Morgan fingerprint density at radius 2 is 1.96 bits per heavy atom. The lowest BCUT2D eigenvalue weighted by Gasteiger charge is -2.46. The molecule has 1 aromatic carbocycles. The Kier molecular flexibility index (Phi) is 4.29. The Morgan fingerprint density at radius 1 is 1.30 bits per heavy atom. The number of ether oxygens (including phenoxy) is 1. The Balaban J connectivity index is 1.74. The van der Waals surface area contributed by atoms with Crippen LogP contribution in [0.4, 0.5) is 11.4 Å². The van der Waals surface area contributed by atoms with Gasteiger partial charge in [-0.25, -0.2) is 8.57 Å². The van der Waals surface area contributed by atoms with Crippen LogP contribution in [0.2, 0.25) is 0 Å². The monoisotopic (exact) mass is 339 g/mol. The molecule has 2 fully saturated rings. The highest BCUT2D eigenvalue weighted by Crippen LogP contribution is 2.34. The average Bonchev–Trinajstić information content (AvgIpc) is 2.58. The van der Waals surface area contributed by atoms with Crippen molar-refractivity contribution in [2.45, 2.75) is 18.4 Å². The van der Waals surface area contributed by atoms with Crippen LogP contribution in [0.5, 0.6) is 0 Å². The number of anilines is 1. The zero-order valence-corrected chi connectivity index (χ0v) is 14.0. The minimum Gasteiger partial charge on any atom is -0.371 e. The Morgan fingerprint density at radius 3 is 2.52 bits per heavy atom. The summed E-state index contributed by atoms with van der Waals surface area (Å²) in [6, 6.07) is 6.62. The maximum atomic E-state index is 12.4. The van der Waals surface area contributed by atoms with E-state index in [0.717, 1.165) is 31.6 Å². The summed E-state index contributed by atoms with van der Waals surface area (Å²) >= 11 is 0. The summed E-state index contributed by atoms with van der Waals surface area (Å²) < 4.78 is 22.4. The van der Waals surface area contributed by atoms with Crippen molar-refractivity contribution < 1.29 is 13.9 Å². The fourth-order valence-corrected chi connectivity index (χ4v) is 5.20. The molecule has 0 unspecified atom stereocenters. The molecule has 1 spiro atoms. The van der Waals surface area contributed by atoms with Crippen LogP contribution in [0.3, 0.4) is 0 Å². The van der Waals surface area contributed by atoms with E-state index in [9.17, 15) is 14.3 Å². The average molecular weight is 339 g/mol. The highest BCUT2D eigenvalue weighted by atomic mass is 32.2. The zero-order chi connectivity index (χ0) is 16.5. The second kappa shape index (κ2) is 6.09. The number of nitrogens with zero attached hydrogens (tertiary/aromatic N) is 3. The summed E-state index contributed by atoms with van der Waals surface area (Å²) in [5, 5.41) is 10.8. The van der Waals surface area contributed by atoms with Gasteiger partial charge in [0.05, 0.1) is 17.1 Å². The fourth-order valence-electron chi connectivity index (χ4n) is 3.25. The molecule has 7 nitrogen and oxygen atoms in total. The van der Waals surface area contributed by atoms with Gasteiger partial charge in [0.2, 0.25) is 0 Å². The Hall–Kier alpha value is -1.67. The molecule has 2 heterocycles. The van der Waals surface area contributed by atoms with Crippen LogP contribution in [0, 0.1) is 10.1 Å². The van der Waals surface area contributed by atoms with Gasteiger partial charge in [0, 0.05) is 59.2 Å². The van der Waals surface area contributed by atoms with E-state index in [4.69, 9.17) is 4.74 Å². The Bertz CT molecular complexity index is 696. The second-order valence-electron chi connectivity index (χ2n) is 6.09. The summed E-state index contributed by atoms with van der Waals surface area (Å²) in [5.41, 5.74) is 0.787. The van der Waals surface area contributed by atoms with Crippen LogP contribution in [0.25, 0.3) is 0 Å². The van der Waals surface area contributed by atoms with Gasteiger partial charge in [0.1, 0.15) is 0 Å². The molecule has 8 heteroatoms. The first-order valence-corrected chi connectivity index (χ1v) is 9.55. The van der Waals surface area contributed by atoms with Gasteiger partial charge in [-0.05, 0) is 25.0 Å². The molecular formula is C15H21N3O4S. The molecule has 0 radical (unpaired) electrons. The molecule has 1 aromatic rings. The van der Waals surface area contributed by atoms with Gasteiger partial charge in [-0.1, -0.05) is 0 Å². The third-order valence-electron chi connectivity index (χ3n) is 4.76. The van der Waals surface area contributed by atoms with Crippen molar-refractivity contribution in [2.75, 3.05) is 43.1 Å². The summed E-state index contributed by atoms with van der Waals surface area (Å²) in [7, 11) is -0.419. The van der Waals surface area contributed by atoms with Crippen LogP contribution in [0.15, 0.2) is 28.6 Å². The highest BCUT2D eigenvalue weighted by molar-refractivity contribution is 7.93. The van der Waals surface area contributed by atoms with Crippen molar-refractivity contribution in [3.8, 4) is 0 Å². The molecule has 2 saturated heterocycles.